The summed E-state index contributed by atoms with van der Waals surface area (Å²) in [7, 11) is 0. The molecule has 0 aliphatic rings. The molecular weight excluding hydrogens is 210 g/mol. The second kappa shape index (κ2) is 6.01. The Morgan fingerprint density at radius 3 is 2.47 bits per heavy atom. The number of hydrogen-bond acceptors (Lipinski definition) is 3. The van der Waals surface area contributed by atoms with Crippen molar-refractivity contribution in [2.24, 2.45) is 5.73 Å². The summed E-state index contributed by atoms with van der Waals surface area (Å²) in [5, 5.41) is 3.30. The molecule has 1 heterocycles. The van der Waals surface area contributed by atoms with Crippen LogP contribution in [0, 0.1) is 0 Å². The van der Waals surface area contributed by atoms with Crippen molar-refractivity contribution in [3.8, 4) is 0 Å². The van der Waals surface area contributed by atoms with E-state index in [0.717, 1.165) is 18.7 Å². The molecule has 0 saturated carbocycles. The van der Waals surface area contributed by atoms with Crippen LogP contribution in [0.1, 0.15) is 5.56 Å². The molecule has 17 heavy (non-hydrogen) atoms. The Labute approximate surface area is 102 Å². The van der Waals surface area contributed by atoms with Crippen LogP contribution < -0.4 is 11.1 Å². The quantitative estimate of drug-likeness (QED) is 0.822. The molecule has 2 aromatic rings. The number of pyridine rings is 1. The van der Waals surface area contributed by atoms with Gasteiger partial charge in [0.25, 0.3) is 0 Å². The molecule has 3 heteroatoms. The SMILES string of the molecule is N[C@H](CNc1ccncc1)Cc1ccccc1. The van der Waals surface area contributed by atoms with Crippen molar-refractivity contribution in [3.05, 3.63) is 60.4 Å². The second-order valence-corrected chi connectivity index (χ2v) is 4.07. The molecule has 0 amide bonds. The topological polar surface area (TPSA) is 50.9 Å². The maximum absolute atomic E-state index is 6.08. The lowest BCUT2D eigenvalue weighted by Crippen LogP contribution is -2.31. The van der Waals surface area contributed by atoms with Gasteiger partial charge in [-0.1, -0.05) is 30.3 Å². The predicted octanol–water partition coefficient (Wildman–Crippen LogP) is 2.06. The zero-order valence-corrected chi connectivity index (χ0v) is 9.71. The van der Waals surface area contributed by atoms with Crippen LogP contribution in [0.3, 0.4) is 0 Å². The highest BCUT2D eigenvalue weighted by Crippen LogP contribution is 2.05. The molecule has 3 nitrogen and oxygen atoms in total. The summed E-state index contributed by atoms with van der Waals surface area (Å²) in [6, 6.07) is 14.3. The van der Waals surface area contributed by atoms with E-state index < -0.39 is 0 Å². The predicted molar refractivity (Wildman–Crippen MR) is 70.8 cm³/mol. The average Bonchev–Trinajstić information content (AvgIpc) is 2.39. The molecule has 0 spiro atoms. The molecule has 3 N–H and O–H groups in total. The third kappa shape index (κ3) is 3.89. The highest BCUT2D eigenvalue weighted by atomic mass is 14.9. The molecule has 0 unspecified atom stereocenters. The Balaban J connectivity index is 1.80. The van der Waals surface area contributed by atoms with Gasteiger partial charge >= 0.3 is 0 Å². The summed E-state index contributed by atoms with van der Waals surface area (Å²) in [6.45, 7) is 0.763. The lowest BCUT2D eigenvalue weighted by atomic mass is 10.1. The maximum atomic E-state index is 6.08. The van der Waals surface area contributed by atoms with E-state index in [1.165, 1.54) is 5.56 Å². The van der Waals surface area contributed by atoms with Crippen molar-refractivity contribution in [2.45, 2.75) is 12.5 Å². The second-order valence-electron chi connectivity index (χ2n) is 4.07. The number of rotatable bonds is 5. The lowest BCUT2D eigenvalue weighted by Gasteiger charge is -2.13. The number of nitrogens with two attached hydrogens (primary N) is 1. The standard InChI is InChI=1S/C14H17N3/c15-13(10-12-4-2-1-3-5-12)11-17-14-6-8-16-9-7-14/h1-9,13H,10-11,15H2,(H,16,17)/t13-/m0/s1. The van der Waals surface area contributed by atoms with Gasteiger partial charge in [-0.2, -0.15) is 0 Å². The van der Waals surface area contributed by atoms with Gasteiger partial charge in [-0.25, -0.2) is 0 Å². The first kappa shape index (κ1) is 11.6. The molecule has 0 bridgehead atoms. The monoisotopic (exact) mass is 227 g/mol. The van der Waals surface area contributed by atoms with Gasteiger partial charge in [0.1, 0.15) is 0 Å². The van der Waals surface area contributed by atoms with Gasteiger partial charge in [0.2, 0.25) is 0 Å². The van der Waals surface area contributed by atoms with Gasteiger partial charge in [0.05, 0.1) is 0 Å². The van der Waals surface area contributed by atoms with Gasteiger partial charge in [-0.3, -0.25) is 4.98 Å². The first-order valence-electron chi connectivity index (χ1n) is 5.78. The summed E-state index contributed by atoms with van der Waals surface area (Å²) in [4.78, 5) is 3.97. The fraction of sp³-hybridized carbons (Fsp3) is 0.214. The molecule has 0 fully saturated rings. The van der Waals surface area contributed by atoms with Crippen LogP contribution in [-0.4, -0.2) is 17.6 Å². The summed E-state index contributed by atoms with van der Waals surface area (Å²) < 4.78 is 0. The van der Waals surface area contributed by atoms with Gasteiger partial charge in [-0.05, 0) is 24.1 Å². The zero-order valence-electron chi connectivity index (χ0n) is 9.71. The van der Waals surface area contributed by atoms with Crippen molar-refractivity contribution in [3.63, 3.8) is 0 Å². The van der Waals surface area contributed by atoms with E-state index in [9.17, 15) is 0 Å². The minimum atomic E-state index is 0.116. The normalized spacial score (nSPS) is 12.1. The largest absolute Gasteiger partial charge is 0.383 e. The number of benzene rings is 1. The van der Waals surface area contributed by atoms with Crippen molar-refractivity contribution in [1.29, 1.82) is 0 Å². The Hall–Kier alpha value is -1.87. The molecular formula is C14H17N3. The Morgan fingerprint density at radius 2 is 1.76 bits per heavy atom. The molecule has 1 aromatic carbocycles. The summed E-state index contributed by atoms with van der Waals surface area (Å²) in [5.74, 6) is 0. The van der Waals surface area contributed by atoms with E-state index in [-0.39, 0.29) is 6.04 Å². The fourth-order valence-corrected chi connectivity index (χ4v) is 1.71. The van der Waals surface area contributed by atoms with E-state index >= 15 is 0 Å². The molecule has 0 saturated heterocycles. The molecule has 0 aliphatic carbocycles. The fourth-order valence-electron chi connectivity index (χ4n) is 1.71. The van der Waals surface area contributed by atoms with Crippen molar-refractivity contribution in [1.82, 2.24) is 4.98 Å². The van der Waals surface area contributed by atoms with E-state index in [4.69, 9.17) is 5.73 Å². The maximum Gasteiger partial charge on any atom is 0.0371 e. The molecule has 1 atom stereocenters. The van der Waals surface area contributed by atoms with Crippen LogP contribution in [0.5, 0.6) is 0 Å². The van der Waals surface area contributed by atoms with Crippen molar-refractivity contribution >= 4 is 5.69 Å². The van der Waals surface area contributed by atoms with Crippen LogP contribution in [0.2, 0.25) is 0 Å². The average molecular weight is 227 g/mol. The molecule has 1 aromatic heterocycles. The van der Waals surface area contributed by atoms with Crippen molar-refractivity contribution in [2.75, 3.05) is 11.9 Å². The van der Waals surface area contributed by atoms with Crippen LogP contribution >= 0.6 is 0 Å². The van der Waals surface area contributed by atoms with Gasteiger partial charge in [0, 0.05) is 30.7 Å². The number of anilines is 1. The number of nitrogens with one attached hydrogen (secondary N) is 1. The third-order valence-corrected chi connectivity index (χ3v) is 2.59. The molecule has 0 radical (unpaired) electrons. The third-order valence-electron chi connectivity index (χ3n) is 2.59. The van der Waals surface area contributed by atoms with E-state index in [2.05, 4.69) is 22.4 Å². The van der Waals surface area contributed by atoms with E-state index in [0.29, 0.717) is 0 Å². The highest BCUT2D eigenvalue weighted by molar-refractivity contribution is 5.40. The van der Waals surface area contributed by atoms with Crippen LogP contribution in [0.15, 0.2) is 54.9 Å². The van der Waals surface area contributed by atoms with Crippen LogP contribution in [0.25, 0.3) is 0 Å². The van der Waals surface area contributed by atoms with Gasteiger partial charge < -0.3 is 11.1 Å². The summed E-state index contributed by atoms with van der Waals surface area (Å²) in [5.41, 5.74) is 8.41. The first-order chi connectivity index (χ1) is 8.34. The molecule has 0 aliphatic heterocycles. The highest BCUT2D eigenvalue weighted by Gasteiger charge is 2.03. The summed E-state index contributed by atoms with van der Waals surface area (Å²) in [6.07, 6.45) is 4.43. The Morgan fingerprint density at radius 1 is 1.06 bits per heavy atom. The molecule has 2 rings (SSSR count). The number of aromatic nitrogens is 1. The van der Waals surface area contributed by atoms with Crippen molar-refractivity contribution < 1.29 is 0 Å². The van der Waals surface area contributed by atoms with Crippen LogP contribution in [0.4, 0.5) is 5.69 Å². The number of hydrogen-bond donors (Lipinski definition) is 2. The number of nitrogens with zero attached hydrogens (tertiary/aromatic N) is 1. The molecule has 88 valence electrons. The van der Waals surface area contributed by atoms with E-state index in [1.807, 2.05) is 30.3 Å². The zero-order chi connectivity index (χ0) is 11.9. The van der Waals surface area contributed by atoms with Crippen LogP contribution in [-0.2, 0) is 6.42 Å². The minimum Gasteiger partial charge on any atom is -0.383 e. The lowest BCUT2D eigenvalue weighted by molar-refractivity contribution is 0.699. The Kier molecular flexibility index (Phi) is 4.11. The van der Waals surface area contributed by atoms with Gasteiger partial charge in [0.15, 0.2) is 0 Å². The van der Waals surface area contributed by atoms with E-state index in [1.54, 1.807) is 12.4 Å². The summed E-state index contributed by atoms with van der Waals surface area (Å²) >= 11 is 0. The minimum absolute atomic E-state index is 0.116. The Bertz CT molecular complexity index is 428. The smallest absolute Gasteiger partial charge is 0.0371 e. The van der Waals surface area contributed by atoms with Gasteiger partial charge in [-0.15, -0.1) is 0 Å². The first-order valence-corrected chi connectivity index (χ1v) is 5.78.